The molecule has 0 bridgehead atoms. The molecule has 3 aromatic rings. The van der Waals surface area contributed by atoms with Gasteiger partial charge in [0.15, 0.2) is 0 Å². The summed E-state index contributed by atoms with van der Waals surface area (Å²) in [6.07, 6.45) is 0. The Labute approximate surface area is 146 Å². The molecule has 0 aliphatic heterocycles. The van der Waals surface area contributed by atoms with Crippen molar-refractivity contribution in [2.45, 2.75) is 6.54 Å². The van der Waals surface area contributed by atoms with E-state index in [1.54, 1.807) is 11.3 Å². The molecular weight excluding hydrogens is 466 g/mol. The molecule has 0 aliphatic rings. The Hall–Kier alpha value is -0.360. The molecule has 0 aliphatic carbocycles. The predicted octanol–water partition coefficient (Wildman–Crippen LogP) is 6.80. The van der Waals surface area contributed by atoms with E-state index >= 15 is 0 Å². The van der Waals surface area contributed by atoms with E-state index in [9.17, 15) is 0 Å². The fourth-order valence-electron chi connectivity index (χ4n) is 1.99. The zero-order valence-corrected chi connectivity index (χ0v) is 15.9. The summed E-state index contributed by atoms with van der Waals surface area (Å²) in [6, 6.07) is 14.9. The number of nitrogens with one attached hydrogen (secondary N) is 1. The fraction of sp³-hybridized carbons (Fsp3) is 0.0667. The molecule has 0 saturated carbocycles. The minimum absolute atomic E-state index is 0.830. The molecule has 0 fully saturated rings. The van der Waals surface area contributed by atoms with Crippen LogP contribution in [-0.2, 0) is 6.54 Å². The maximum absolute atomic E-state index is 3.52. The van der Waals surface area contributed by atoms with Gasteiger partial charge < -0.3 is 5.32 Å². The monoisotopic (exact) mass is 473 g/mol. The van der Waals surface area contributed by atoms with Crippen LogP contribution in [0.4, 0.5) is 5.69 Å². The van der Waals surface area contributed by atoms with Gasteiger partial charge in [-0.05, 0) is 73.0 Å². The first kappa shape index (κ1) is 14.6. The van der Waals surface area contributed by atoms with E-state index < -0.39 is 0 Å². The average Bonchev–Trinajstić information content (AvgIpc) is 2.75. The van der Waals surface area contributed by atoms with Crippen LogP contribution < -0.4 is 5.32 Å². The van der Waals surface area contributed by atoms with Gasteiger partial charge in [0.25, 0.3) is 0 Å². The molecule has 5 heteroatoms. The van der Waals surface area contributed by atoms with E-state index in [0.717, 1.165) is 25.0 Å². The van der Waals surface area contributed by atoms with Crippen LogP contribution in [0.3, 0.4) is 0 Å². The van der Waals surface area contributed by atoms with Gasteiger partial charge >= 0.3 is 0 Å². The van der Waals surface area contributed by atoms with Crippen LogP contribution in [0.25, 0.3) is 10.8 Å². The Morgan fingerprint density at radius 3 is 2.40 bits per heavy atom. The normalized spacial score (nSPS) is 10.9. The molecule has 0 radical (unpaired) electrons. The van der Waals surface area contributed by atoms with Gasteiger partial charge in [0.2, 0.25) is 0 Å². The second-order valence-electron chi connectivity index (χ2n) is 4.39. The number of benzene rings is 2. The highest BCUT2D eigenvalue weighted by Crippen LogP contribution is 2.33. The Kier molecular flexibility index (Phi) is 4.50. The smallest absolute Gasteiger partial charge is 0.0843 e. The molecule has 0 unspecified atom stereocenters. The molecule has 0 spiro atoms. The number of fused-ring (bicyclic) bond motifs is 1. The van der Waals surface area contributed by atoms with Gasteiger partial charge in [-0.15, -0.1) is 11.3 Å². The largest absolute Gasteiger partial charge is 0.380 e. The third-order valence-electron chi connectivity index (χ3n) is 2.97. The van der Waals surface area contributed by atoms with Crippen molar-refractivity contribution in [1.82, 2.24) is 0 Å². The van der Waals surface area contributed by atoms with E-state index in [0.29, 0.717) is 0 Å². The van der Waals surface area contributed by atoms with Crippen LogP contribution in [-0.4, -0.2) is 0 Å². The first-order chi connectivity index (χ1) is 9.61. The van der Waals surface area contributed by atoms with Crippen molar-refractivity contribution in [3.8, 4) is 0 Å². The Morgan fingerprint density at radius 2 is 1.65 bits per heavy atom. The summed E-state index contributed by atoms with van der Waals surface area (Å²) in [5.74, 6) is 0. The van der Waals surface area contributed by atoms with Gasteiger partial charge in [0, 0.05) is 26.1 Å². The Bertz CT molecular complexity index is 747. The second-order valence-corrected chi connectivity index (χ2v) is 8.62. The lowest BCUT2D eigenvalue weighted by atomic mass is 10.1. The van der Waals surface area contributed by atoms with Crippen molar-refractivity contribution < 1.29 is 0 Å². The third kappa shape index (κ3) is 3.27. The van der Waals surface area contributed by atoms with Crippen LogP contribution in [0.15, 0.2) is 55.2 Å². The molecule has 102 valence electrons. The lowest BCUT2D eigenvalue weighted by Crippen LogP contribution is -1.96. The van der Waals surface area contributed by atoms with Gasteiger partial charge in [0.1, 0.15) is 0 Å². The molecule has 20 heavy (non-hydrogen) atoms. The topological polar surface area (TPSA) is 12.0 Å². The summed E-state index contributed by atoms with van der Waals surface area (Å²) in [5, 5.41) is 5.95. The first-order valence-corrected chi connectivity index (χ1v) is 9.18. The SMILES string of the molecule is Brc1ccc2cc(NCc3cc(Br)c(Br)s3)ccc2c1. The number of thiophene rings is 1. The van der Waals surface area contributed by atoms with Crippen molar-refractivity contribution >= 4 is 75.6 Å². The highest BCUT2D eigenvalue weighted by atomic mass is 79.9. The third-order valence-corrected chi connectivity index (χ3v) is 6.71. The van der Waals surface area contributed by atoms with Crippen LogP contribution >= 0.6 is 59.1 Å². The van der Waals surface area contributed by atoms with Crippen molar-refractivity contribution in [2.24, 2.45) is 0 Å². The zero-order chi connectivity index (χ0) is 14.1. The van der Waals surface area contributed by atoms with Crippen molar-refractivity contribution in [2.75, 3.05) is 5.32 Å². The molecule has 1 nitrogen and oxygen atoms in total. The quantitative estimate of drug-likeness (QED) is 0.439. The number of rotatable bonds is 3. The van der Waals surface area contributed by atoms with Gasteiger partial charge in [-0.25, -0.2) is 0 Å². The Balaban J connectivity index is 1.79. The molecular formula is C15H10Br3NS. The lowest BCUT2D eigenvalue weighted by Gasteiger charge is -2.06. The highest BCUT2D eigenvalue weighted by molar-refractivity contribution is 9.13. The van der Waals surface area contributed by atoms with Gasteiger partial charge in [-0.3, -0.25) is 0 Å². The number of halogens is 3. The van der Waals surface area contributed by atoms with E-state index in [2.05, 4.69) is 95.6 Å². The summed E-state index contributed by atoms with van der Waals surface area (Å²) in [7, 11) is 0. The Morgan fingerprint density at radius 1 is 0.900 bits per heavy atom. The molecule has 3 rings (SSSR count). The zero-order valence-electron chi connectivity index (χ0n) is 10.3. The fourth-order valence-corrected chi connectivity index (χ4v) is 4.49. The van der Waals surface area contributed by atoms with Crippen molar-refractivity contribution in [1.29, 1.82) is 0 Å². The summed E-state index contributed by atoms with van der Waals surface area (Å²) >= 11 is 12.3. The molecule has 1 heterocycles. The van der Waals surface area contributed by atoms with Gasteiger partial charge in [-0.1, -0.05) is 28.1 Å². The molecule has 0 atom stereocenters. The van der Waals surface area contributed by atoms with Crippen LogP contribution in [0.5, 0.6) is 0 Å². The summed E-state index contributed by atoms with van der Waals surface area (Å²) in [5.41, 5.74) is 1.14. The van der Waals surface area contributed by atoms with E-state index in [1.165, 1.54) is 15.6 Å². The van der Waals surface area contributed by atoms with Crippen LogP contribution in [0, 0.1) is 0 Å². The van der Waals surface area contributed by atoms with Gasteiger partial charge in [0.05, 0.1) is 3.79 Å². The number of anilines is 1. The summed E-state index contributed by atoms with van der Waals surface area (Å²) in [6.45, 7) is 0.830. The highest BCUT2D eigenvalue weighted by Gasteiger charge is 2.04. The van der Waals surface area contributed by atoms with Crippen molar-refractivity contribution in [3.63, 3.8) is 0 Å². The van der Waals surface area contributed by atoms with Crippen molar-refractivity contribution in [3.05, 3.63) is 60.1 Å². The molecule has 1 N–H and O–H groups in total. The average molecular weight is 476 g/mol. The molecule has 0 amide bonds. The summed E-state index contributed by atoms with van der Waals surface area (Å²) in [4.78, 5) is 1.29. The van der Waals surface area contributed by atoms with Crippen LogP contribution in [0.1, 0.15) is 4.88 Å². The number of hydrogen-bond acceptors (Lipinski definition) is 2. The lowest BCUT2D eigenvalue weighted by molar-refractivity contribution is 1.19. The number of hydrogen-bond donors (Lipinski definition) is 1. The van der Waals surface area contributed by atoms with Crippen LogP contribution in [0.2, 0.25) is 0 Å². The second kappa shape index (κ2) is 6.18. The maximum atomic E-state index is 3.52. The first-order valence-electron chi connectivity index (χ1n) is 5.99. The standard InChI is InChI=1S/C15H10Br3NS/c16-11-3-1-10-6-12(4-2-9(10)5-11)19-8-13-7-14(17)15(18)20-13/h1-7,19H,8H2. The molecule has 2 aromatic carbocycles. The van der Waals surface area contributed by atoms with Gasteiger partial charge in [-0.2, -0.15) is 0 Å². The van der Waals surface area contributed by atoms with E-state index in [1.807, 2.05) is 0 Å². The maximum Gasteiger partial charge on any atom is 0.0843 e. The minimum Gasteiger partial charge on any atom is -0.380 e. The minimum atomic E-state index is 0.830. The van der Waals surface area contributed by atoms with E-state index in [-0.39, 0.29) is 0 Å². The predicted molar refractivity (Wildman–Crippen MR) is 98.7 cm³/mol. The van der Waals surface area contributed by atoms with E-state index in [4.69, 9.17) is 0 Å². The molecule has 0 saturated heterocycles. The molecule has 1 aromatic heterocycles. The summed E-state index contributed by atoms with van der Waals surface area (Å²) < 4.78 is 3.36.